The zero-order valence-corrected chi connectivity index (χ0v) is 12.6. The van der Waals surface area contributed by atoms with E-state index in [0.29, 0.717) is 21.6 Å². The Bertz CT molecular complexity index is 580. The summed E-state index contributed by atoms with van der Waals surface area (Å²) < 4.78 is 6.58. The topological polar surface area (TPSA) is 60.2 Å². The molecule has 0 fully saturated rings. The first-order valence-corrected chi connectivity index (χ1v) is 6.70. The standard InChI is InChI=1S/C11H8Cl2IN3O/c12-6-5-7(13)11(16-10(6)17-15)18-9-4-2-1-3-8(9)14/h1-5H,15H2,(H,16,17). The summed E-state index contributed by atoms with van der Waals surface area (Å²) in [6, 6.07) is 9.05. The van der Waals surface area contributed by atoms with E-state index in [0.717, 1.165) is 3.57 Å². The highest BCUT2D eigenvalue weighted by Gasteiger charge is 2.11. The Morgan fingerprint density at radius 3 is 2.61 bits per heavy atom. The number of nitrogens with one attached hydrogen (secondary N) is 1. The fourth-order valence-corrected chi connectivity index (χ4v) is 2.20. The largest absolute Gasteiger partial charge is 0.436 e. The Kier molecular flexibility index (Phi) is 4.50. The van der Waals surface area contributed by atoms with Crippen LogP contribution in [-0.4, -0.2) is 4.98 Å². The highest BCUT2D eigenvalue weighted by atomic mass is 127. The number of hydrazine groups is 1. The highest BCUT2D eigenvalue weighted by Crippen LogP contribution is 2.34. The third kappa shape index (κ3) is 2.97. The summed E-state index contributed by atoms with van der Waals surface area (Å²) in [6.07, 6.45) is 0. The molecule has 0 aliphatic rings. The SMILES string of the molecule is NNc1nc(Oc2ccccc2I)c(Cl)cc1Cl. The fraction of sp³-hybridized carbons (Fsp3) is 0. The van der Waals surface area contributed by atoms with Crippen LogP contribution in [0, 0.1) is 3.57 Å². The van der Waals surface area contributed by atoms with Crippen molar-refractivity contribution in [3.63, 3.8) is 0 Å². The van der Waals surface area contributed by atoms with Crippen molar-refractivity contribution in [3.8, 4) is 11.6 Å². The maximum absolute atomic E-state index is 6.02. The first kappa shape index (κ1) is 13.7. The van der Waals surface area contributed by atoms with E-state index in [9.17, 15) is 0 Å². The number of hydrogen-bond acceptors (Lipinski definition) is 4. The second-order valence-electron chi connectivity index (χ2n) is 3.28. The average molecular weight is 396 g/mol. The number of para-hydroxylation sites is 1. The van der Waals surface area contributed by atoms with Crippen molar-refractivity contribution in [2.45, 2.75) is 0 Å². The molecule has 1 heterocycles. The predicted molar refractivity (Wildman–Crippen MR) is 81.3 cm³/mol. The van der Waals surface area contributed by atoms with E-state index in [2.05, 4.69) is 33.0 Å². The Morgan fingerprint density at radius 1 is 1.22 bits per heavy atom. The number of nitrogen functional groups attached to an aromatic ring is 1. The van der Waals surface area contributed by atoms with Gasteiger partial charge >= 0.3 is 0 Å². The maximum atomic E-state index is 6.02. The normalized spacial score (nSPS) is 10.2. The molecular formula is C11H8Cl2IN3O. The average Bonchev–Trinajstić information content (AvgIpc) is 2.35. The second kappa shape index (κ2) is 5.92. The third-order valence-electron chi connectivity index (χ3n) is 2.08. The monoisotopic (exact) mass is 395 g/mol. The molecule has 2 aromatic rings. The lowest BCUT2D eigenvalue weighted by atomic mass is 10.3. The van der Waals surface area contributed by atoms with E-state index < -0.39 is 0 Å². The number of nitrogens with two attached hydrogens (primary N) is 1. The van der Waals surface area contributed by atoms with Crippen LogP contribution in [0.1, 0.15) is 0 Å². The van der Waals surface area contributed by atoms with Gasteiger partial charge in [0.2, 0.25) is 5.88 Å². The van der Waals surface area contributed by atoms with E-state index in [1.807, 2.05) is 24.3 Å². The molecule has 0 spiro atoms. The molecule has 1 aromatic heterocycles. The van der Waals surface area contributed by atoms with Crippen LogP contribution in [-0.2, 0) is 0 Å². The van der Waals surface area contributed by atoms with Crippen LogP contribution in [0.3, 0.4) is 0 Å². The van der Waals surface area contributed by atoms with Crippen LogP contribution < -0.4 is 16.0 Å². The summed E-state index contributed by atoms with van der Waals surface area (Å²) in [5, 5.41) is 0.649. The lowest BCUT2D eigenvalue weighted by Gasteiger charge is -2.10. The quantitative estimate of drug-likeness (QED) is 0.467. The van der Waals surface area contributed by atoms with Gasteiger partial charge in [0.05, 0.1) is 8.59 Å². The Balaban J connectivity index is 2.38. The fourth-order valence-electron chi connectivity index (χ4n) is 1.25. The highest BCUT2D eigenvalue weighted by molar-refractivity contribution is 14.1. The lowest BCUT2D eigenvalue weighted by molar-refractivity contribution is 0.461. The second-order valence-corrected chi connectivity index (χ2v) is 5.26. The van der Waals surface area contributed by atoms with Crippen LogP contribution >= 0.6 is 45.8 Å². The number of hydrogen-bond donors (Lipinski definition) is 2. The van der Waals surface area contributed by atoms with Gasteiger partial charge in [0.25, 0.3) is 0 Å². The van der Waals surface area contributed by atoms with E-state index in [1.165, 1.54) is 6.07 Å². The molecule has 2 rings (SSSR count). The molecule has 0 bridgehead atoms. The van der Waals surface area contributed by atoms with Crippen molar-refractivity contribution >= 4 is 51.6 Å². The first-order chi connectivity index (χ1) is 8.61. The van der Waals surface area contributed by atoms with Crippen molar-refractivity contribution in [3.05, 3.63) is 43.9 Å². The van der Waals surface area contributed by atoms with Gasteiger partial charge in [-0.05, 0) is 40.8 Å². The zero-order valence-electron chi connectivity index (χ0n) is 8.95. The van der Waals surface area contributed by atoms with Gasteiger partial charge in [0, 0.05) is 0 Å². The molecule has 0 saturated heterocycles. The number of halogens is 3. The number of pyridine rings is 1. The zero-order chi connectivity index (χ0) is 13.1. The number of ether oxygens (including phenoxy) is 1. The van der Waals surface area contributed by atoms with Gasteiger partial charge < -0.3 is 10.2 Å². The van der Waals surface area contributed by atoms with Crippen LogP contribution in [0.5, 0.6) is 11.6 Å². The molecule has 18 heavy (non-hydrogen) atoms. The van der Waals surface area contributed by atoms with Crippen LogP contribution in [0.25, 0.3) is 0 Å². The molecule has 0 radical (unpaired) electrons. The van der Waals surface area contributed by atoms with Gasteiger partial charge in [-0.1, -0.05) is 35.3 Å². The summed E-state index contributed by atoms with van der Waals surface area (Å²) in [5.74, 6) is 6.52. The molecule has 1 aromatic carbocycles. The van der Waals surface area contributed by atoms with E-state index >= 15 is 0 Å². The van der Waals surface area contributed by atoms with Gasteiger partial charge in [-0.2, -0.15) is 4.98 Å². The van der Waals surface area contributed by atoms with Crippen molar-refractivity contribution in [1.82, 2.24) is 4.98 Å². The number of nitrogens with zero attached hydrogens (tertiary/aromatic N) is 1. The van der Waals surface area contributed by atoms with Gasteiger partial charge in [0.1, 0.15) is 10.8 Å². The van der Waals surface area contributed by atoms with Crippen LogP contribution in [0.2, 0.25) is 10.0 Å². The molecule has 7 heteroatoms. The summed E-state index contributed by atoms with van der Waals surface area (Å²) in [6.45, 7) is 0. The van der Waals surface area contributed by atoms with Gasteiger partial charge in [-0.15, -0.1) is 0 Å². The minimum atomic E-state index is 0.248. The minimum Gasteiger partial charge on any atom is -0.436 e. The van der Waals surface area contributed by atoms with Crippen molar-refractivity contribution in [2.24, 2.45) is 5.84 Å². The number of benzene rings is 1. The minimum absolute atomic E-state index is 0.248. The van der Waals surface area contributed by atoms with E-state index in [-0.39, 0.29) is 5.88 Å². The van der Waals surface area contributed by atoms with Crippen molar-refractivity contribution < 1.29 is 4.74 Å². The first-order valence-electron chi connectivity index (χ1n) is 4.87. The summed E-state index contributed by atoms with van der Waals surface area (Å²) in [5.41, 5.74) is 2.38. The maximum Gasteiger partial charge on any atom is 0.240 e. The van der Waals surface area contributed by atoms with Gasteiger partial charge in [-0.3, -0.25) is 0 Å². The van der Waals surface area contributed by atoms with Crippen LogP contribution in [0.4, 0.5) is 5.82 Å². The Labute approximate surface area is 128 Å². The molecule has 3 N–H and O–H groups in total. The summed E-state index contributed by atoms with van der Waals surface area (Å²) in [7, 11) is 0. The molecule has 0 aliphatic heterocycles. The molecule has 4 nitrogen and oxygen atoms in total. The molecule has 0 aliphatic carbocycles. The van der Waals surface area contributed by atoms with Crippen molar-refractivity contribution in [2.75, 3.05) is 5.43 Å². The molecule has 94 valence electrons. The predicted octanol–water partition coefficient (Wildman–Crippen LogP) is 4.07. The number of aromatic nitrogens is 1. The van der Waals surface area contributed by atoms with Gasteiger partial charge in [0.15, 0.2) is 5.82 Å². The number of anilines is 1. The number of rotatable bonds is 3. The molecule has 0 amide bonds. The smallest absolute Gasteiger partial charge is 0.240 e. The van der Waals surface area contributed by atoms with E-state index in [4.69, 9.17) is 33.8 Å². The summed E-state index contributed by atoms with van der Waals surface area (Å²) >= 11 is 14.1. The molecule has 0 atom stereocenters. The molecule has 0 unspecified atom stereocenters. The van der Waals surface area contributed by atoms with Crippen molar-refractivity contribution in [1.29, 1.82) is 0 Å². The van der Waals surface area contributed by atoms with E-state index in [1.54, 1.807) is 0 Å². The third-order valence-corrected chi connectivity index (χ3v) is 3.53. The summed E-state index contributed by atoms with van der Waals surface area (Å²) in [4.78, 5) is 4.10. The molecular weight excluding hydrogens is 388 g/mol. The lowest BCUT2D eigenvalue weighted by Crippen LogP contribution is -2.09. The van der Waals surface area contributed by atoms with Gasteiger partial charge in [-0.25, -0.2) is 5.84 Å². The Hall–Kier alpha value is -0.760. The van der Waals surface area contributed by atoms with Crippen LogP contribution in [0.15, 0.2) is 30.3 Å². The Morgan fingerprint density at radius 2 is 1.94 bits per heavy atom. The molecule has 0 saturated carbocycles.